The molecule has 0 unspecified atom stereocenters. The highest BCUT2D eigenvalue weighted by atomic mass is 16.5. The van der Waals surface area contributed by atoms with Gasteiger partial charge >= 0.3 is 7.69 Å². The van der Waals surface area contributed by atoms with Crippen LogP contribution in [0.25, 0.3) is 0 Å². The van der Waals surface area contributed by atoms with Gasteiger partial charge in [-0.05, 0) is 23.8 Å². The van der Waals surface area contributed by atoms with Crippen LogP contribution < -0.4 is 15.1 Å². The summed E-state index contributed by atoms with van der Waals surface area (Å²) in [4.78, 5) is 0. The summed E-state index contributed by atoms with van der Waals surface area (Å²) in [6.45, 7) is 0.800. The Morgan fingerprint density at radius 3 is 3.23 bits per heavy atom. The van der Waals surface area contributed by atoms with Crippen molar-refractivity contribution in [1.29, 1.82) is 0 Å². The summed E-state index contributed by atoms with van der Waals surface area (Å²) < 4.78 is 4.85. The Morgan fingerprint density at radius 1 is 1.62 bits per heavy atom. The van der Waals surface area contributed by atoms with Gasteiger partial charge in [0.15, 0.2) is 0 Å². The largest absolute Gasteiger partial charge is 0.569 e. The van der Waals surface area contributed by atoms with Gasteiger partial charge < -0.3 is 14.7 Å². The number of hydrogen-bond acceptors (Lipinski definition) is 4. The van der Waals surface area contributed by atoms with Crippen molar-refractivity contribution in [3.8, 4) is 5.75 Å². The van der Waals surface area contributed by atoms with Gasteiger partial charge in [-0.15, -0.1) is 0 Å². The van der Waals surface area contributed by atoms with Gasteiger partial charge in [0, 0.05) is 13.6 Å². The Balaban J connectivity index is 2.29. The van der Waals surface area contributed by atoms with E-state index in [1.807, 2.05) is 30.3 Å². The van der Waals surface area contributed by atoms with E-state index >= 15 is 0 Å². The van der Waals surface area contributed by atoms with Gasteiger partial charge in [0.1, 0.15) is 5.75 Å². The maximum atomic E-state index is 8.45. The predicted molar refractivity (Wildman–Crippen MR) is 50.3 cm³/mol. The molecule has 0 aromatic heterocycles. The van der Waals surface area contributed by atoms with E-state index in [9.17, 15) is 0 Å². The third-order valence-corrected chi connectivity index (χ3v) is 2.11. The van der Waals surface area contributed by atoms with Crippen molar-refractivity contribution in [3.05, 3.63) is 23.8 Å². The van der Waals surface area contributed by atoms with E-state index in [0.717, 1.165) is 12.2 Å². The summed E-state index contributed by atoms with van der Waals surface area (Å²) in [6.07, 6.45) is 0. The summed E-state index contributed by atoms with van der Waals surface area (Å²) in [5.74, 6) is 0.651. The quantitative estimate of drug-likeness (QED) is 0.626. The van der Waals surface area contributed by atoms with Crippen molar-refractivity contribution in [3.63, 3.8) is 0 Å². The van der Waals surface area contributed by atoms with E-state index in [0.29, 0.717) is 13.4 Å². The monoisotopic (exact) mass is 177 g/mol. The molecule has 1 aliphatic rings. The molecule has 1 aromatic rings. The van der Waals surface area contributed by atoms with Crippen LogP contribution in [-0.4, -0.2) is 19.8 Å². The van der Waals surface area contributed by atoms with Crippen LogP contribution in [0.1, 0.15) is 5.56 Å². The molecule has 0 bridgehead atoms. The zero-order chi connectivity index (χ0) is 9.26. The van der Waals surface area contributed by atoms with Gasteiger partial charge in [0.2, 0.25) is 0 Å². The minimum Gasteiger partial charge on any atom is -0.537 e. The molecule has 0 spiro atoms. The smallest absolute Gasteiger partial charge is 0.537 e. The zero-order valence-electron chi connectivity index (χ0n) is 7.32. The van der Waals surface area contributed by atoms with E-state index in [1.165, 1.54) is 5.56 Å². The van der Waals surface area contributed by atoms with Gasteiger partial charge in [0.05, 0.1) is 5.69 Å². The molecule has 0 saturated carbocycles. The fourth-order valence-electron chi connectivity index (χ4n) is 1.45. The second-order valence-electron chi connectivity index (χ2n) is 2.91. The van der Waals surface area contributed by atoms with Crippen molar-refractivity contribution in [1.82, 2.24) is 5.43 Å². The van der Waals surface area contributed by atoms with Gasteiger partial charge in [0.25, 0.3) is 0 Å². The van der Waals surface area contributed by atoms with Crippen LogP contribution in [0.3, 0.4) is 0 Å². The highest BCUT2D eigenvalue weighted by molar-refractivity contribution is 6.17. The lowest BCUT2D eigenvalue weighted by Gasteiger charge is -2.11. The molecule has 0 saturated heterocycles. The second kappa shape index (κ2) is 3.28. The van der Waals surface area contributed by atoms with Gasteiger partial charge in [-0.25, -0.2) is 5.43 Å². The summed E-state index contributed by atoms with van der Waals surface area (Å²) in [5, 5.41) is 10.4. The first-order chi connectivity index (χ1) is 6.31. The lowest BCUT2D eigenvalue weighted by molar-refractivity contribution is 0.453. The van der Waals surface area contributed by atoms with Gasteiger partial charge in [-0.3, -0.25) is 0 Å². The van der Waals surface area contributed by atoms with Crippen LogP contribution in [0, 0.1) is 0 Å². The SMILES string of the molecule is CN1NCc2cc(O[B]O)ccc21. The Kier molecular flexibility index (Phi) is 2.12. The minimum atomic E-state index is 0.651. The van der Waals surface area contributed by atoms with Crippen molar-refractivity contribution in [2.24, 2.45) is 0 Å². The van der Waals surface area contributed by atoms with E-state index in [2.05, 4.69) is 5.43 Å². The minimum absolute atomic E-state index is 0.651. The molecular weight excluding hydrogens is 167 g/mol. The fraction of sp³-hybridized carbons (Fsp3) is 0.250. The van der Waals surface area contributed by atoms with Gasteiger partial charge in [-0.2, -0.15) is 0 Å². The molecule has 4 nitrogen and oxygen atoms in total. The third-order valence-electron chi connectivity index (χ3n) is 2.11. The molecule has 0 amide bonds. The van der Waals surface area contributed by atoms with Crippen LogP contribution in [0.5, 0.6) is 5.75 Å². The van der Waals surface area contributed by atoms with Gasteiger partial charge in [-0.1, -0.05) is 0 Å². The number of hydrazine groups is 1. The molecule has 2 rings (SSSR count). The summed E-state index contributed by atoms with van der Waals surface area (Å²) in [5.41, 5.74) is 5.47. The standard InChI is InChI=1S/C8H10BN2O2/c1-11-8-3-2-7(13-9-12)4-6(8)5-10-11/h2-4,10,12H,5H2,1H3. The first-order valence-corrected chi connectivity index (χ1v) is 4.04. The molecule has 2 N–H and O–H groups in total. The summed E-state index contributed by atoms with van der Waals surface area (Å²) in [7, 11) is 2.65. The Bertz CT molecular complexity index is 319. The summed E-state index contributed by atoms with van der Waals surface area (Å²) >= 11 is 0. The Hall–Kier alpha value is -1.20. The van der Waals surface area contributed by atoms with Crippen LogP contribution in [0.4, 0.5) is 5.69 Å². The van der Waals surface area contributed by atoms with Crippen LogP contribution in [0.15, 0.2) is 18.2 Å². The van der Waals surface area contributed by atoms with E-state index in [-0.39, 0.29) is 0 Å². The number of fused-ring (bicyclic) bond motifs is 1. The predicted octanol–water partition coefficient (Wildman–Crippen LogP) is 0.0463. The van der Waals surface area contributed by atoms with Crippen molar-refractivity contribution in [2.75, 3.05) is 12.1 Å². The topological polar surface area (TPSA) is 44.7 Å². The van der Waals surface area contributed by atoms with Crippen molar-refractivity contribution >= 4 is 13.4 Å². The molecule has 5 heteroatoms. The third kappa shape index (κ3) is 1.48. The molecule has 1 radical (unpaired) electrons. The number of nitrogens with one attached hydrogen (secondary N) is 1. The van der Waals surface area contributed by atoms with Crippen molar-refractivity contribution in [2.45, 2.75) is 6.54 Å². The number of hydrogen-bond donors (Lipinski definition) is 2. The van der Waals surface area contributed by atoms with E-state index < -0.39 is 0 Å². The molecule has 1 heterocycles. The Morgan fingerprint density at radius 2 is 2.46 bits per heavy atom. The number of benzene rings is 1. The Labute approximate surface area is 77.4 Å². The average molecular weight is 177 g/mol. The van der Waals surface area contributed by atoms with Crippen LogP contribution in [-0.2, 0) is 6.54 Å². The number of rotatable bonds is 2. The first-order valence-electron chi connectivity index (χ1n) is 4.04. The highest BCUT2D eigenvalue weighted by Gasteiger charge is 2.15. The summed E-state index contributed by atoms with van der Waals surface area (Å²) in [6, 6.07) is 5.67. The highest BCUT2D eigenvalue weighted by Crippen LogP contribution is 2.27. The average Bonchev–Trinajstić information content (AvgIpc) is 2.48. The van der Waals surface area contributed by atoms with Crippen LogP contribution in [0.2, 0.25) is 0 Å². The maximum absolute atomic E-state index is 8.45. The number of anilines is 1. The molecule has 1 aliphatic heterocycles. The fourth-order valence-corrected chi connectivity index (χ4v) is 1.45. The van der Waals surface area contributed by atoms with Crippen molar-refractivity contribution < 1.29 is 9.68 Å². The van der Waals surface area contributed by atoms with Crippen LogP contribution >= 0.6 is 0 Å². The molecule has 1 aromatic carbocycles. The molecule has 0 atom stereocenters. The second-order valence-corrected chi connectivity index (χ2v) is 2.91. The van der Waals surface area contributed by atoms with E-state index in [1.54, 1.807) is 0 Å². The number of nitrogens with zero attached hydrogens (tertiary/aromatic N) is 1. The first kappa shape index (κ1) is 8.41. The molecule has 0 aliphatic carbocycles. The molecule has 13 heavy (non-hydrogen) atoms. The lowest BCUT2D eigenvalue weighted by atomic mass is 10.2. The molecular formula is C8H10BN2O2. The molecule has 0 fully saturated rings. The van der Waals surface area contributed by atoms with E-state index in [4.69, 9.17) is 9.68 Å². The maximum Gasteiger partial charge on any atom is 0.569 e. The zero-order valence-corrected chi connectivity index (χ0v) is 7.32. The normalized spacial score (nSPS) is 14.2. The molecule has 67 valence electrons. The lowest BCUT2D eigenvalue weighted by Crippen LogP contribution is -2.26.